The predicted molar refractivity (Wildman–Crippen MR) is 142 cm³/mol. The Kier molecular flexibility index (Phi) is 9.95. The summed E-state index contributed by atoms with van der Waals surface area (Å²) < 4.78 is 35.2. The van der Waals surface area contributed by atoms with Crippen molar-refractivity contribution in [2.45, 2.75) is 59.4 Å². The quantitative estimate of drug-likeness (QED) is 0.276. The zero-order valence-corrected chi connectivity index (χ0v) is 21.9. The summed E-state index contributed by atoms with van der Waals surface area (Å²) in [6, 6.07) is 16.3. The Morgan fingerprint density at radius 2 is 1.77 bits per heavy atom. The summed E-state index contributed by atoms with van der Waals surface area (Å²) in [5.74, 6) is 1.43. The number of nitrogens with zero attached hydrogens (tertiary/aromatic N) is 2. The first kappa shape index (κ1) is 27.0. The molecule has 2 aromatic carbocycles. The van der Waals surface area contributed by atoms with E-state index in [0.717, 1.165) is 46.5 Å². The highest BCUT2D eigenvalue weighted by Crippen LogP contribution is 2.31. The summed E-state index contributed by atoms with van der Waals surface area (Å²) in [5.41, 5.74) is 4.44. The Morgan fingerprint density at radius 3 is 2.46 bits per heavy atom. The van der Waals surface area contributed by atoms with E-state index in [0.29, 0.717) is 42.4 Å². The van der Waals surface area contributed by atoms with Crippen LogP contribution in [-0.2, 0) is 19.6 Å². The van der Waals surface area contributed by atoms with Crippen molar-refractivity contribution in [1.82, 2.24) is 9.88 Å². The van der Waals surface area contributed by atoms with Gasteiger partial charge in [-0.3, -0.25) is 4.90 Å². The minimum absolute atomic E-state index is 0.333. The van der Waals surface area contributed by atoms with Crippen molar-refractivity contribution in [3.63, 3.8) is 0 Å². The minimum atomic E-state index is -0.380. The second-order valence-electron chi connectivity index (χ2n) is 9.08. The van der Waals surface area contributed by atoms with E-state index >= 15 is 0 Å². The molecule has 188 valence electrons. The van der Waals surface area contributed by atoms with Crippen LogP contribution in [0.15, 0.2) is 54.7 Å². The van der Waals surface area contributed by atoms with Crippen LogP contribution < -0.4 is 9.47 Å². The fourth-order valence-corrected chi connectivity index (χ4v) is 4.47. The van der Waals surface area contributed by atoms with Gasteiger partial charge in [-0.2, -0.15) is 0 Å². The molecule has 0 saturated carbocycles. The summed E-state index contributed by atoms with van der Waals surface area (Å²) >= 11 is 0.842. The Balaban J connectivity index is 1.92. The van der Waals surface area contributed by atoms with Gasteiger partial charge in [-0.25, -0.2) is 9.37 Å². The second kappa shape index (κ2) is 12.9. The molecule has 3 rings (SSSR count). The lowest BCUT2D eigenvalue weighted by Crippen LogP contribution is -2.36. The Bertz CT molecular complexity index is 1100. The van der Waals surface area contributed by atoms with E-state index in [9.17, 15) is 4.39 Å². The van der Waals surface area contributed by atoms with Crippen molar-refractivity contribution in [2.24, 2.45) is 0 Å². The number of methoxy groups -OCH3 is 1. The van der Waals surface area contributed by atoms with Gasteiger partial charge in [-0.15, -0.1) is 0 Å². The number of aryl methyl sites for hydroxylation is 1. The second-order valence-corrected chi connectivity index (χ2v) is 9.74. The normalized spacial score (nSPS) is 11.5. The van der Waals surface area contributed by atoms with Gasteiger partial charge in [0.05, 0.1) is 13.3 Å². The van der Waals surface area contributed by atoms with Crippen LogP contribution in [-0.4, -0.2) is 39.4 Å². The number of rotatable bonds is 12. The van der Waals surface area contributed by atoms with E-state index in [1.807, 2.05) is 36.4 Å². The Hall–Kier alpha value is -2.61. The van der Waals surface area contributed by atoms with Crippen LogP contribution >= 0.6 is 12.0 Å². The molecule has 7 heteroatoms. The molecule has 0 saturated heterocycles. The summed E-state index contributed by atoms with van der Waals surface area (Å²) in [7, 11) is 1.53. The molecule has 0 aliphatic rings. The van der Waals surface area contributed by atoms with Crippen LogP contribution in [0, 0.1) is 5.82 Å². The maximum Gasteiger partial charge on any atom is 0.213 e. The molecule has 35 heavy (non-hydrogen) atoms. The minimum Gasteiger partial charge on any atom is -0.489 e. The first-order valence-electron chi connectivity index (χ1n) is 11.9. The van der Waals surface area contributed by atoms with Crippen LogP contribution in [0.2, 0.25) is 0 Å². The zero-order chi connectivity index (χ0) is 25.4. The lowest BCUT2D eigenvalue weighted by molar-refractivity contribution is 0.166. The third kappa shape index (κ3) is 7.43. The number of ether oxygens (including phenoxy) is 2. The molecule has 5 nitrogen and oxygen atoms in total. The standard InChI is InChI=1S/C28H35FN2O3S/c1-19(2)31(20(3)4)17-23-13-22(18-34-24-8-6-7-21(14-24)11-12-35-32)9-10-25(23)26-15-28(33-5)30-16-27(26)29/h6-10,13-16,19-20,32H,11-12,17-18H2,1-5H3. The van der Waals surface area contributed by atoms with E-state index in [2.05, 4.69) is 43.6 Å². The topological polar surface area (TPSA) is 54.8 Å². The number of hydrogen-bond donors (Lipinski definition) is 1. The molecule has 0 aliphatic carbocycles. The molecule has 1 aromatic heterocycles. The van der Waals surface area contributed by atoms with Gasteiger partial charge in [-0.1, -0.05) is 30.3 Å². The molecule has 0 amide bonds. The molecule has 0 spiro atoms. The van der Waals surface area contributed by atoms with E-state index in [-0.39, 0.29) is 5.82 Å². The molecule has 0 unspecified atom stereocenters. The van der Waals surface area contributed by atoms with Crippen LogP contribution in [0.1, 0.15) is 44.4 Å². The van der Waals surface area contributed by atoms with E-state index < -0.39 is 0 Å². The van der Waals surface area contributed by atoms with Gasteiger partial charge in [0, 0.05) is 36.0 Å². The van der Waals surface area contributed by atoms with Gasteiger partial charge in [0.15, 0.2) is 0 Å². The molecule has 1 heterocycles. The largest absolute Gasteiger partial charge is 0.489 e. The summed E-state index contributed by atoms with van der Waals surface area (Å²) in [4.78, 5) is 6.37. The molecule has 0 bridgehead atoms. The molecular weight excluding hydrogens is 463 g/mol. The van der Waals surface area contributed by atoms with Crippen molar-refractivity contribution in [3.05, 3.63) is 77.2 Å². The molecule has 0 aliphatic heterocycles. The van der Waals surface area contributed by atoms with Gasteiger partial charge >= 0.3 is 0 Å². The molecule has 3 aromatic rings. The molecule has 0 radical (unpaired) electrons. The first-order valence-corrected chi connectivity index (χ1v) is 12.8. The van der Waals surface area contributed by atoms with Crippen LogP contribution in [0.25, 0.3) is 11.1 Å². The molecule has 0 fully saturated rings. The molecule has 0 atom stereocenters. The summed E-state index contributed by atoms with van der Waals surface area (Å²) in [6.45, 7) is 9.76. The zero-order valence-electron chi connectivity index (χ0n) is 21.1. The highest BCUT2D eigenvalue weighted by Gasteiger charge is 2.19. The lowest BCUT2D eigenvalue weighted by atomic mass is 9.96. The highest BCUT2D eigenvalue weighted by molar-refractivity contribution is 7.93. The number of hydrogen-bond acceptors (Lipinski definition) is 6. The Morgan fingerprint density at radius 1 is 1.00 bits per heavy atom. The predicted octanol–water partition coefficient (Wildman–Crippen LogP) is 6.84. The van der Waals surface area contributed by atoms with Gasteiger partial charge in [-0.05, 0) is 80.5 Å². The number of benzene rings is 2. The van der Waals surface area contributed by atoms with E-state index in [1.54, 1.807) is 6.07 Å². The first-order chi connectivity index (χ1) is 16.8. The van der Waals surface area contributed by atoms with Gasteiger partial charge in [0.2, 0.25) is 5.88 Å². The van der Waals surface area contributed by atoms with Gasteiger partial charge in [0.1, 0.15) is 18.2 Å². The average molecular weight is 499 g/mol. The van der Waals surface area contributed by atoms with Crippen molar-refractivity contribution in [2.75, 3.05) is 12.9 Å². The van der Waals surface area contributed by atoms with E-state index in [4.69, 9.17) is 14.0 Å². The lowest BCUT2D eigenvalue weighted by Gasteiger charge is -2.31. The number of halogens is 1. The fraction of sp³-hybridized carbons (Fsp3) is 0.393. The van der Waals surface area contributed by atoms with E-state index in [1.165, 1.54) is 13.3 Å². The summed E-state index contributed by atoms with van der Waals surface area (Å²) in [6.07, 6.45) is 1.98. The molecule has 1 N–H and O–H groups in total. The van der Waals surface area contributed by atoms with Crippen molar-refractivity contribution in [1.29, 1.82) is 0 Å². The maximum atomic E-state index is 14.8. The van der Waals surface area contributed by atoms with Crippen molar-refractivity contribution >= 4 is 12.0 Å². The monoisotopic (exact) mass is 498 g/mol. The van der Waals surface area contributed by atoms with Crippen LogP contribution in [0.4, 0.5) is 4.39 Å². The fourth-order valence-electron chi connectivity index (χ4n) is 4.15. The van der Waals surface area contributed by atoms with Crippen molar-refractivity contribution in [3.8, 4) is 22.8 Å². The third-order valence-corrected chi connectivity index (χ3v) is 6.35. The maximum absolute atomic E-state index is 14.8. The highest BCUT2D eigenvalue weighted by atomic mass is 32.2. The number of pyridine rings is 1. The SMILES string of the molecule is COc1cc(-c2ccc(COc3cccc(CCSO)c3)cc2CN(C(C)C)C(C)C)c(F)cn1. The van der Waals surface area contributed by atoms with Crippen molar-refractivity contribution < 1.29 is 18.4 Å². The van der Waals surface area contributed by atoms with Crippen LogP contribution in [0.3, 0.4) is 0 Å². The van der Waals surface area contributed by atoms with Gasteiger partial charge in [0.25, 0.3) is 0 Å². The Labute approximate surface area is 212 Å². The molecular formula is C28H35FN2O3S. The smallest absolute Gasteiger partial charge is 0.213 e. The number of aromatic nitrogens is 1. The van der Waals surface area contributed by atoms with Gasteiger partial charge < -0.3 is 14.0 Å². The summed E-state index contributed by atoms with van der Waals surface area (Å²) in [5, 5.41) is 0. The third-order valence-electron chi connectivity index (χ3n) is 5.96. The average Bonchev–Trinajstić information content (AvgIpc) is 2.85. The van der Waals surface area contributed by atoms with Crippen LogP contribution in [0.5, 0.6) is 11.6 Å².